The molecule has 0 aromatic rings. The summed E-state index contributed by atoms with van der Waals surface area (Å²) in [6, 6.07) is -3.37. The lowest BCUT2D eigenvalue weighted by molar-refractivity contribution is -0.418. The number of carbonyl (C=O) groups excluding carboxylic acids is 1. The van der Waals surface area contributed by atoms with Crippen LogP contribution in [0.5, 0.6) is 0 Å². The van der Waals surface area contributed by atoms with Crippen molar-refractivity contribution in [2.24, 2.45) is 0 Å². The number of nitrogens with zero attached hydrogens (tertiary/aromatic N) is 1. The zero-order chi connectivity index (χ0) is 22.9. The van der Waals surface area contributed by atoms with Crippen LogP contribution in [0, 0.1) is 0 Å². The molecule has 0 aliphatic heterocycles. The highest BCUT2D eigenvalue weighted by Crippen LogP contribution is 2.57. The van der Waals surface area contributed by atoms with Gasteiger partial charge in [0.15, 0.2) is 0 Å². The molecule has 1 amide bonds. The number of halogens is 9. The van der Waals surface area contributed by atoms with Crippen molar-refractivity contribution in [2.75, 3.05) is 6.61 Å². The van der Waals surface area contributed by atoms with Crippen LogP contribution < -0.4 is 0 Å². The van der Waals surface area contributed by atoms with Crippen molar-refractivity contribution < 1.29 is 64.1 Å². The largest absolute Gasteiger partial charge is 0.480 e. The molecule has 0 aliphatic carbocycles. The fourth-order valence-electron chi connectivity index (χ4n) is 2.19. The maximum absolute atomic E-state index is 13.3. The average Bonchev–Trinajstić information content (AvgIpc) is 2.35. The number of carbonyl (C=O) groups is 2. The predicted octanol–water partition coefficient (Wildman–Crippen LogP) is 3.48. The summed E-state index contributed by atoms with van der Waals surface area (Å²) in [6.07, 6.45) is -26.1. The SMILES string of the molecule is CC(C)(C)OC(=O)N([C@@H](CCO)C(=O)O)C(C(F)(F)F)(C(F)(F)F)C(F)(F)F. The number of aliphatic hydroxyl groups excluding tert-OH is 1. The number of hydrogen-bond donors (Lipinski definition) is 2. The Morgan fingerprint density at radius 2 is 1.25 bits per heavy atom. The summed E-state index contributed by atoms with van der Waals surface area (Å²) in [5, 5.41) is 17.7. The first-order valence-electron chi connectivity index (χ1n) is 7.21. The number of amides is 1. The third-order valence-electron chi connectivity index (χ3n) is 3.18. The number of hydrogen-bond acceptors (Lipinski definition) is 4. The van der Waals surface area contributed by atoms with E-state index in [1.807, 2.05) is 0 Å². The van der Waals surface area contributed by atoms with E-state index >= 15 is 0 Å². The summed E-state index contributed by atoms with van der Waals surface area (Å²) in [4.78, 5) is 21.2. The Bertz CT molecular complexity index is 541. The van der Waals surface area contributed by atoms with Gasteiger partial charge in [-0.05, 0) is 20.8 Å². The van der Waals surface area contributed by atoms with Crippen molar-refractivity contribution in [3.63, 3.8) is 0 Å². The Hall–Kier alpha value is -1.93. The van der Waals surface area contributed by atoms with Crippen LogP contribution in [0.1, 0.15) is 27.2 Å². The van der Waals surface area contributed by atoms with Crippen LogP contribution in [-0.4, -0.2) is 69.5 Å². The van der Waals surface area contributed by atoms with Crippen LogP contribution >= 0.6 is 0 Å². The zero-order valence-electron chi connectivity index (χ0n) is 14.5. The number of rotatable bonds is 5. The second-order valence-electron chi connectivity index (χ2n) is 6.42. The van der Waals surface area contributed by atoms with Crippen LogP contribution in [-0.2, 0) is 9.53 Å². The molecule has 0 fully saturated rings. The Balaban J connectivity index is 7.23. The highest BCUT2D eigenvalue weighted by atomic mass is 19.4. The maximum Gasteiger partial charge on any atom is 0.430 e. The zero-order valence-corrected chi connectivity index (χ0v) is 14.5. The van der Waals surface area contributed by atoms with Gasteiger partial charge in [-0.15, -0.1) is 0 Å². The molecule has 28 heavy (non-hydrogen) atoms. The summed E-state index contributed by atoms with van der Waals surface area (Å²) in [5.41, 5.74) is -8.79. The van der Waals surface area contributed by atoms with E-state index in [0.29, 0.717) is 0 Å². The summed E-state index contributed by atoms with van der Waals surface area (Å²) in [7, 11) is 0. The van der Waals surface area contributed by atoms with Crippen molar-refractivity contribution in [3.8, 4) is 0 Å². The molecule has 0 spiro atoms. The van der Waals surface area contributed by atoms with Crippen molar-refractivity contribution >= 4 is 12.1 Å². The lowest BCUT2D eigenvalue weighted by Crippen LogP contribution is -2.78. The van der Waals surface area contributed by atoms with Gasteiger partial charge < -0.3 is 14.9 Å². The van der Waals surface area contributed by atoms with E-state index in [-0.39, 0.29) is 0 Å². The topological polar surface area (TPSA) is 87.1 Å². The Kier molecular flexibility index (Phi) is 7.29. The van der Waals surface area contributed by atoms with Gasteiger partial charge in [-0.3, -0.25) is 4.90 Å². The molecule has 166 valence electrons. The van der Waals surface area contributed by atoms with Crippen molar-refractivity contribution in [2.45, 2.75) is 62.9 Å². The standard InChI is InChI=1S/C13H16F9NO5/c1-9(2,3)28-8(27)23(6(4-5-24)7(25)26)10(11(14,15)16,12(17,18)19)13(20,21)22/h6,24H,4-5H2,1-3H3,(H,25,26)/t6-/m0/s1. The van der Waals surface area contributed by atoms with Crippen LogP contribution in [0.4, 0.5) is 44.3 Å². The smallest absolute Gasteiger partial charge is 0.430 e. The molecule has 2 N–H and O–H groups in total. The van der Waals surface area contributed by atoms with Gasteiger partial charge in [0.25, 0.3) is 0 Å². The average molecular weight is 437 g/mol. The van der Waals surface area contributed by atoms with Crippen LogP contribution in [0.25, 0.3) is 0 Å². The van der Waals surface area contributed by atoms with Crippen molar-refractivity contribution in [1.29, 1.82) is 0 Å². The number of alkyl halides is 9. The van der Waals surface area contributed by atoms with Crippen LogP contribution in [0.3, 0.4) is 0 Å². The minimum Gasteiger partial charge on any atom is -0.480 e. The van der Waals surface area contributed by atoms with E-state index < -0.39 is 65.7 Å². The molecule has 0 aromatic heterocycles. The minimum atomic E-state index is -7.25. The van der Waals surface area contributed by atoms with Gasteiger partial charge in [0.05, 0.1) is 0 Å². The molecule has 0 aliphatic rings. The van der Waals surface area contributed by atoms with E-state index in [9.17, 15) is 49.1 Å². The third kappa shape index (κ3) is 4.91. The van der Waals surface area contributed by atoms with E-state index in [0.717, 1.165) is 20.8 Å². The second-order valence-corrected chi connectivity index (χ2v) is 6.42. The van der Waals surface area contributed by atoms with Gasteiger partial charge in [-0.25, -0.2) is 9.59 Å². The van der Waals surface area contributed by atoms with E-state index in [4.69, 9.17) is 10.2 Å². The molecule has 0 rings (SSSR count). The summed E-state index contributed by atoms with van der Waals surface area (Å²) >= 11 is 0. The molecule has 15 heteroatoms. The first kappa shape index (κ1) is 26.1. The number of aliphatic carboxylic acids is 1. The molecule has 0 heterocycles. The maximum atomic E-state index is 13.3. The lowest BCUT2D eigenvalue weighted by atomic mass is 9.91. The van der Waals surface area contributed by atoms with Gasteiger partial charge in [-0.2, -0.15) is 39.5 Å². The molecule has 0 aromatic carbocycles. The third-order valence-corrected chi connectivity index (χ3v) is 3.18. The first-order valence-corrected chi connectivity index (χ1v) is 7.21. The van der Waals surface area contributed by atoms with E-state index in [2.05, 4.69) is 4.74 Å². The van der Waals surface area contributed by atoms with Crippen molar-refractivity contribution in [1.82, 2.24) is 4.90 Å². The fourth-order valence-corrected chi connectivity index (χ4v) is 2.19. The molecule has 6 nitrogen and oxygen atoms in total. The van der Waals surface area contributed by atoms with Crippen molar-refractivity contribution in [3.05, 3.63) is 0 Å². The summed E-state index contributed by atoms with van der Waals surface area (Å²) in [5.74, 6) is -2.65. The predicted molar refractivity (Wildman–Crippen MR) is 72.1 cm³/mol. The van der Waals surface area contributed by atoms with Crippen LogP contribution in [0.2, 0.25) is 0 Å². The Morgan fingerprint density at radius 1 is 0.893 bits per heavy atom. The molecule has 0 saturated carbocycles. The van der Waals surface area contributed by atoms with E-state index in [1.165, 1.54) is 0 Å². The Labute approximate surface area is 151 Å². The molecule has 0 radical (unpaired) electrons. The molecule has 0 unspecified atom stereocenters. The van der Waals surface area contributed by atoms with Crippen LogP contribution in [0.15, 0.2) is 0 Å². The van der Waals surface area contributed by atoms with Gasteiger partial charge in [0, 0.05) is 13.0 Å². The molecule has 0 bridgehead atoms. The van der Waals surface area contributed by atoms with E-state index in [1.54, 1.807) is 0 Å². The summed E-state index contributed by atoms with van der Waals surface area (Å²) < 4.78 is 124. The highest BCUT2D eigenvalue weighted by molar-refractivity contribution is 5.81. The fraction of sp³-hybridized carbons (Fsp3) is 0.846. The van der Waals surface area contributed by atoms with Gasteiger partial charge in [0.1, 0.15) is 11.6 Å². The normalized spacial score (nSPS) is 15.2. The lowest BCUT2D eigenvalue weighted by Gasteiger charge is -2.47. The van der Waals surface area contributed by atoms with Gasteiger partial charge in [0.2, 0.25) is 0 Å². The first-order chi connectivity index (χ1) is 12.1. The second kappa shape index (κ2) is 7.83. The molecular weight excluding hydrogens is 421 g/mol. The number of ether oxygens (including phenoxy) is 1. The number of carboxylic acid groups (broad SMARTS) is 1. The number of carboxylic acids is 1. The molecular formula is C13H16F9NO5. The monoisotopic (exact) mass is 437 g/mol. The Morgan fingerprint density at radius 3 is 1.46 bits per heavy atom. The summed E-state index contributed by atoms with van der Waals surface area (Å²) in [6.45, 7) is 1.31. The van der Waals surface area contributed by atoms with Gasteiger partial charge >= 0.3 is 36.1 Å². The quantitative estimate of drug-likeness (QED) is 0.644. The molecule has 0 saturated heterocycles. The molecule has 1 atom stereocenters. The highest BCUT2D eigenvalue weighted by Gasteiger charge is 2.88. The minimum absolute atomic E-state index is 0.918. The number of aliphatic hydroxyl groups is 1. The van der Waals surface area contributed by atoms with Gasteiger partial charge in [-0.1, -0.05) is 0 Å².